The van der Waals surface area contributed by atoms with Gasteiger partial charge in [0.15, 0.2) is 6.04 Å². The van der Waals surface area contributed by atoms with E-state index in [-0.39, 0.29) is 22.4 Å². The molecule has 186 valence electrons. The molecule has 0 radical (unpaired) electrons. The summed E-state index contributed by atoms with van der Waals surface area (Å²) < 4.78 is 5.65. The lowest BCUT2D eigenvalue weighted by atomic mass is 10.0. The number of thioether (sulfide) groups is 1. The fourth-order valence-corrected chi connectivity index (χ4v) is 5.10. The number of hydrogen-bond acceptors (Lipinski definition) is 6. The average Bonchev–Trinajstić information content (AvgIpc) is 3.43. The predicted octanol–water partition coefficient (Wildman–Crippen LogP) is 5.17. The lowest BCUT2D eigenvalue weighted by molar-refractivity contribution is -0.142. The fraction of sp³-hybridized carbons (Fsp3) is 0.222. The van der Waals surface area contributed by atoms with Crippen LogP contribution >= 0.6 is 24.4 Å². The molecule has 2 aromatic carbocycles. The van der Waals surface area contributed by atoms with Crippen molar-refractivity contribution in [1.29, 1.82) is 0 Å². The molecule has 1 fully saturated rings. The molecule has 2 amide bonds. The molecule has 2 N–H and O–H groups in total. The van der Waals surface area contributed by atoms with Crippen molar-refractivity contribution in [2.24, 2.45) is 5.92 Å². The quantitative estimate of drug-likeness (QED) is 0.279. The number of carboxylic acids is 1. The summed E-state index contributed by atoms with van der Waals surface area (Å²) in [6, 6.07) is 19.0. The average molecular weight is 523 g/mol. The van der Waals surface area contributed by atoms with Gasteiger partial charge in [-0.3, -0.25) is 9.59 Å². The number of carboxylic acid groups (broad SMARTS) is 1. The van der Waals surface area contributed by atoms with Gasteiger partial charge in [0, 0.05) is 24.1 Å². The molecular weight excluding hydrogens is 496 g/mol. The van der Waals surface area contributed by atoms with Crippen LogP contribution in [-0.4, -0.2) is 32.5 Å². The van der Waals surface area contributed by atoms with E-state index in [9.17, 15) is 19.5 Å². The molecular formula is C27H26N2O5S2. The maximum absolute atomic E-state index is 12.9. The second-order valence-corrected chi connectivity index (χ2v) is 10.6. The van der Waals surface area contributed by atoms with Crippen molar-refractivity contribution < 1.29 is 23.9 Å². The highest BCUT2D eigenvalue weighted by atomic mass is 32.2. The van der Waals surface area contributed by atoms with Gasteiger partial charge in [-0.15, -0.1) is 12.6 Å². The molecule has 7 nitrogen and oxygen atoms in total. The molecule has 36 heavy (non-hydrogen) atoms. The molecule has 4 rings (SSSR count). The van der Waals surface area contributed by atoms with Crippen LogP contribution in [0.2, 0.25) is 0 Å². The summed E-state index contributed by atoms with van der Waals surface area (Å²) >= 11 is 5.93. The van der Waals surface area contributed by atoms with Crippen LogP contribution < -0.4 is 5.32 Å². The highest BCUT2D eigenvalue weighted by Gasteiger charge is 2.34. The van der Waals surface area contributed by atoms with E-state index in [1.807, 2.05) is 30.3 Å². The van der Waals surface area contributed by atoms with Gasteiger partial charge in [0.2, 0.25) is 5.91 Å². The Morgan fingerprint density at radius 1 is 1.11 bits per heavy atom. The van der Waals surface area contributed by atoms with Crippen molar-refractivity contribution in [2.75, 3.05) is 0 Å². The minimum absolute atomic E-state index is 0.102. The van der Waals surface area contributed by atoms with Crippen LogP contribution in [0.1, 0.15) is 36.8 Å². The summed E-state index contributed by atoms with van der Waals surface area (Å²) in [5.74, 6) is -0.791. The summed E-state index contributed by atoms with van der Waals surface area (Å²) in [5, 5.41) is 12.1. The van der Waals surface area contributed by atoms with Gasteiger partial charge in [0.25, 0.3) is 5.91 Å². The van der Waals surface area contributed by atoms with Crippen LogP contribution in [0.3, 0.4) is 0 Å². The summed E-state index contributed by atoms with van der Waals surface area (Å²) in [7, 11) is 0. The first-order chi connectivity index (χ1) is 17.2. The molecule has 0 aliphatic carbocycles. The van der Waals surface area contributed by atoms with Gasteiger partial charge < -0.3 is 19.7 Å². The number of carbonyl (C=O) groups excluding carboxylic acids is 2. The lowest BCUT2D eigenvalue weighted by Crippen LogP contribution is -2.36. The minimum Gasteiger partial charge on any atom is -0.479 e. The number of nitrogens with one attached hydrogen (secondary N) is 1. The number of benzene rings is 2. The number of amides is 2. The smallest absolute Gasteiger partial charge is 0.330 e. The van der Waals surface area contributed by atoms with Crippen molar-refractivity contribution in [2.45, 2.75) is 31.1 Å². The molecule has 0 unspecified atom stereocenters. The van der Waals surface area contributed by atoms with Gasteiger partial charge in [-0.1, -0.05) is 80.2 Å². The van der Waals surface area contributed by atoms with E-state index in [0.29, 0.717) is 28.5 Å². The number of aliphatic carboxylic acids is 1. The second-order valence-electron chi connectivity index (χ2n) is 8.63. The first-order valence-electron chi connectivity index (χ1n) is 11.4. The summed E-state index contributed by atoms with van der Waals surface area (Å²) in [5.41, 5.74) is 2.23. The van der Waals surface area contributed by atoms with E-state index in [2.05, 4.69) is 17.9 Å². The number of nitrogens with zero attached hydrogens (tertiary/aromatic N) is 1. The third-order valence-corrected chi connectivity index (χ3v) is 7.26. The standard InChI is InChI=1S/C27H26N2O5S2/c1-16(2)24(30)28-23(26(32)33)19-10-8-18(9-11-19)21-13-12-20(34-21)14-22-25(31)29(27(35)36-22)15-17-6-4-3-5-7-17/h3-14,16,23,27,35H,15H2,1-2H3,(H,28,30)(H,32,33)/b22-14-/t23-,27-/m1/s1. The van der Waals surface area contributed by atoms with E-state index in [0.717, 1.165) is 11.1 Å². The summed E-state index contributed by atoms with van der Waals surface area (Å²) in [6.45, 7) is 3.88. The van der Waals surface area contributed by atoms with Crippen LogP contribution in [-0.2, 0) is 20.9 Å². The monoisotopic (exact) mass is 522 g/mol. The second kappa shape index (κ2) is 11.1. The maximum Gasteiger partial charge on any atom is 0.330 e. The highest BCUT2D eigenvalue weighted by molar-refractivity contribution is 8.14. The largest absolute Gasteiger partial charge is 0.479 e. The molecule has 1 aromatic heterocycles. The zero-order chi connectivity index (χ0) is 25.8. The third-order valence-electron chi connectivity index (χ3n) is 5.65. The van der Waals surface area contributed by atoms with Crippen molar-refractivity contribution in [3.63, 3.8) is 0 Å². The molecule has 2 atom stereocenters. The molecule has 0 bridgehead atoms. The van der Waals surface area contributed by atoms with Gasteiger partial charge in [0.1, 0.15) is 16.2 Å². The number of thiol groups is 1. The Balaban J connectivity index is 1.47. The molecule has 2 heterocycles. The third kappa shape index (κ3) is 5.85. The molecule has 3 aromatic rings. The van der Waals surface area contributed by atoms with E-state index < -0.39 is 12.0 Å². The Hall–Kier alpha value is -3.43. The van der Waals surface area contributed by atoms with E-state index >= 15 is 0 Å². The van der Waals surface area contributed by atoms with Crippen LogP contribution in [0, 0.1) is 5.92 Å². The zero-order valence-electron chi connectivity index (χ0n) is 19.8. The van der Waals surface area contributed by atoms with E-state index in [1.54, 1.807) is 61.2 Å². The van der Waals surface area contributed by atoms with Crippen LogP contribution in [0.15, 0.2) is 76.1 Å². The lowest BCUT2D eigenvalue weighted by Gasteiger charge is -2.19. The summed E-state index contributed by atoms with van der Waals surface area (Å²) in [4.78, 5) is 38.9. The molecule has 0 saturated carbocycles. The molecule has 1 saturated heterocycles. The van der Waals surface area contributed by atoms with Crippen molar-refractivity contribution in [3.8, 4) is 11.3 Å². The molecule has 1 aliphatic heterocycles. The highest BCUT2D eigenvalue weighted by Crippen LogP contribution is 2.39. The van der Waals surface area contributed by atoms with Crippen LogP contribution in [0.25, 0.3) is 17.4 Å². The number of furan rings is 1. The van der Waals surface area contributed by atoms with Gasteiger partial charge >= 0.3 is 5.97 Å². The number of rotatable bonds is 8. The Kier molecular flexibility index (Phi) is 7.91. The van der Waals surface area contributed by atoms with Gasteiger partial charge in [-0.25, -0.2) is 4.79 Å². The normalized spacial score (nSPS) is 17.6. The van der Waals surface area contributed by atoms with E-state index in [4.69, 9.17) is 4.42 Å². The topological polar surface area (TPSA) is 99.9 Å². The van der Waals surface area contributed by atoms with Gasteiger partial charge in [-0.2, -0.15) is 0 Å². The summed E-state index contributed by atoms with van der Waals surface area (Å²) in [6.07, 6.45) is 1.71. The van der Waals surface area contributed by atoms with Crippen molar-refractivity contribution in [1.82, 2.24) is 10.2 Å². The minimum atomic E-state index is -1.13. The van der Waals surface area contributed by atoms with Gasteiger partial charge in [-0.05, 0) is 23.3 Å². The predicted molar refractivity (Wildman–Crippen MR) is 143 cm³/mol. The maximum atomic E-state index is 12.9. The van der Waals surface area contributed by atoms with E-state index in [1.165, 1.54) is 11.8 Å². The zero-order valence-corrected chi connectivity index (χ0v) is 21.5. The van der Waals surface area contributed by atoms with Crippen molar-refractivity contribution in [3.05, 3.63) is 88.5 Å². The molecule has 1 aliphatic rings. The Bertz CT molecular complexity index is 1290. The SMILES string of the molecule is CC(C)C(=O)N[C@@H](C(=O)O)c1ccc(-c2ccc(/C=C3\S[C@@H](S)N(Cc4ccccc4)C3=O)o2)cc1. The fourth-order valence-electron chi connectivity index (χ4n) is 3.65. The van der Waals surface area contributed by atoms with Crippen LogP contribution in [0.5, 0.6) is 0 Å². The van der Waals surface area contributed by atoms with Crippen LogP contribution in [0.4, 0.5) is 0 Å². The Morgan fingerprint density at radius 2 is 1.81 bits per heavy atom. The Labute approximate surface area is 219 Å². The Morgan fingerprint density at radius 3 is 2.44 bits per heavy atom. The number of hydrogen-bond donors (Lipinski definition) is 3. The van der Waals surface area contributed by atoms with Gasteiger partial charge in [0.05, 0.1) is 4.91 Å². The first-order valence-corrected chi connectivity index (χ1v) is 12.8. The first kappa shape index (κ1) is 25.7. The number of carbonyl (C=O) groups is 3. The van der Waals surface area contributed by atoms with Crippen molar-refractivity contribution >= 4 is 48.3 Å². The molecule has 0 spiro atoms. The molecule has 9 heteroatoms.